The number of benzene rings is 1. The Hall–Kier alpha value is -3.49. The first-order chi connectivity index (χ1) is 13.1. The first-order valence-electron chi connectivity index (χ1n) is 8.50. The van der Waals surface area contributed by atoms with Crippen molar-refractivity contribution in [1.29, 1.82) is 0 Å². The van der Waals surface area contributed by atoms with Gasteiger partial charge in [0.2, 0.25) is 0 Å². The zero-order chi connectivity index (χ0) is 21.0. The highest BCUT2D eigenvalue weighted by molar-refractivity contribution is 6.41. The van der Waals surface area contributed by atoms with Crippen molar-refractivity contribution in [2.75, 3.05) is 11.9 Å². The predicted octanol–water partition coefficient (Wildman–Crippen LogP) is 1.73. The number of rotatable bonds is 5. The van der Waals surface area contributed by atoms with Crippen molar-refractivity contribution >= 4 is 29.4 Å². The molecular formula is C19H22N4O5. The zero-order valence-electron chi connectivity index (χ0n) is 16.4. The van der Waals surface area contributed by atoms with Crippen LogP contribution in [0.2, 0.25) is 0 Å². The molecule has 148 valence electrons. The molecule has 2 N–H and O–H groups in total. The van der Waals surface area contributed by atoms with Crippen LogP contribution in [0.4, 0.5) is 10.5 Å². The summed E-state index contributed by atoms with van der Waals surface area (Å²) in [5.41, 5.74) is 3.44. The number of hydrogen-bond acceptors (Lipinski definition) is 6. The highest BCUT2D eigenvalue weighted by atomic mass is 16.5. The fourth-order valence-corrected chi connectivity index (χ4v) is 2.60. The van der Waals surface area contributed by atoms with Crippen LogP contribution in [0.1, 0.15) is 32.9 Å². The van der Waals surface area contributed by atoms with Gasteiger partial charge in [0.1, 0.15) is 0 Å². The smallest absolute Gasteiger partial charge is 0.380 e. The summed E-state index contributed by atoms with van der Waals surface area (Å²) in [4.78, 5) is 47.9. The van der Waals surface area contributed by atoms with Gasteiger partial charge < -0.3 is 10.1 Å². The lowest BCUT2D eigenvalue weighted by atomic mass is 10.1. The van der Waals surface area contributed by atoms with E-state index in [1.807, 2.05) is 25.2 Å². The van der Waals surface area contributed by atoms with Crippen LogP contribution in [0.5, 0.6) is 0 Å². The summed E-state index contributed by atoms with van der Waals surface area (Å²) >= 11 is 0. The Balaban J connectivity index is 1.89. The van der Waals surface area contributed by atoms with Crippen molar-refractivity contribution in [1.82, 2.24) is 15.1 Å². The van der Waals surface area contributed by atoms with E-state index in [2.05, 4.69) is 10.4 Å². The molecule has 0 aliphatic carbocycles. The third kappa shape index (κ3) is 4.61. The molecule has 1 aromatic heterocycles. The lowest BCUT2D eigenvalue weighted by Crippen LogP contribution is -2.38. The van der Waals surface area contributed by atoms with Gasteiger partial charge in [0.05, 0.1) is 11.3 Å². The van der Waals surface area contributed by atoms with Crippen molar-refractivity contribution < 1.29 is 23.9 Å². The number of urea groups is 1. The van der Waals surface area contributed by atoms with Crippen LogP contribution in [0.15, 0.2) is 18.2 Å². The molecule has 3 amide bonds. The van der Waals surface area contributed by atoms with Crippen LogP contribution in [-0.2, 0) is 21.4 Å². The quantitative estimate of drug-likeness (QED) is 0.459. The molecule has 0 saturated heterocycles. The maximum absolute atomic E-state index is 12.2. The summed E-state index contributed by atoms with van der Waals surface area (Å²) in [5.74, 6) is -2.94. The molecular weight excluding hydrogens is 364 g/mol. The van der Waals surface area contributed by atoms with Crippen molar-refractivity contribution in [2.24, 2.45) is 7.05 Å². The number of amides is 3. The lowest BCUT2D eigenvalue weighted by Gasteiger charge is -2.11. The number of imide groups is 1. The van der Waals surface area contributed by atoms with Crippen LogP contribution in [0.25, 0.3) is 0 Å². The van der Waals surface area contributed by atoms with E-state index in [0.29, 0.717) is 17.1 Å². The maximum atomic E-state index is 12.2. The van der Waals surface area contributed by atoms with Crippen LogP contribution >= 0.6 is 0 Å². The number of carbonyl (C=O) groups excluding carboxylic acids is 4. The van der Waals surface area contributed by atoms with Gasteiger partial charge in [0.15, 0.2) is 6.61 Å². The van der Waals surface area contributed by atoms with Gasteiger partial charge in [0, 0.05) is 18.4 Å². The molecule has 0 radical (unpaired) electrons. The number of nitrogens with one attached hydrogen (secondary N) is 2. The van der Waals surface area contributed by atoms with Gasteiger partial charge in [-0.05, 0) is 44.9 Å². The largest absolute Gasteiger partial charge is 0.450 e. The molecule has 0 bridgehead atoms. The molecule has 0 atom stereocenters. The Labute approximate surface area is 162 Å². The lowest BCUT2D eigenvalue weighted by molar-refractivity contribution is -0.143. The van der Waals surface area contributed by atoms with Crippen molar-refractivity contribution in [3.8, 4) is 0 Å². The SMILES string of the molecule is Cc1cccc(NC(=O)NC(=O)COC(=O)C(=O)c2c(C)nn(C)c2C)c1C. The van der Waals surface area contributed by atoms with E-state index in [1.54, 1.807) is 33.0 Å². The average molecular weight is 386 g/mol. The number of ketones is 1. The first kappa shape index (κ1) is 20.8. The third-order valence-electron chi connectivity index (χ3n) is 4.36. The van der Waals surface area contributed by atoms with Crippen LogP contribution < -0.4 is 10.6 Å². The second-order valence-corrected chi connectivity index (χ2v) is 6.32. The number of nitrogens with zero attached hydrogens (tertiary/aromatic N) is 2. The standard InChI is InChI=1S/C19H22N4O5/c1-10-7-6-8-14(11(10)2)20-19(27)21-15(24)9-28-18(26)17(25)16-12(3)22-23(5)13(16)4/h6-8H,9H2,1-5H3,(H2,20,21,24,27). The van der Waals surface area contributed by atoms with Crippen molar-refractivity contribution in [3.63, 3.8) is 0 Å². The summed E-state index contributed by atoms with van der Waals surface area (Å²) < 4.78 is 6.19. The number of aromatic nitrogens is 2. The molecule has 2 aromatic rings. The van der Waals surface area contributed by atoms with Crippen LogP contribution in [0.3, 0.4) is 0 Å². The molecule has 9 nitrogen and oxygen atoms in total. The van der Waals surface area contributed by atoms with Gasteiger partial charge >= 0.3 is 12.0 Å². The number of aryl methyl sites for hydroxylation is 3. The number of ether oxygens (including phenoxy) is 1. The molecule has 28 heavy (non-hydrogen) atoms. The Morgan fingerprint density at radius 2 is 1.79 bits per heavy atom. The molecule has 0 saturated carbocycles. The molecule has 9 heteroatoms. The van der Waals surface area contributed by atoms with E-state index in [4.69, 9.17) is 4.74 Å². The first-order valence-corrected chi connectivity index (χ1v) is 8.50. The molecule has 0 aliphatic heterocycles. The fourth-order valence-electron chi connectivity index (χ4n) is 2.60. The summed E-state index contributed by atoms with van der Waals surface area (Å²) in [6.45, 7) is 6.21. The van der Waals surface area contributed by atoms with E-state index in [9.17, 15) is 19.2 Å². The fraction of sp³-hybridized carbons (Fsp3) is 0.316. The topological polar surface area (TPSA) is 119 Å². The van der Waals surface area contributed by atoms with Gasteiger partial charge in [-0.25, -0.2) is 9.59 Å². The number of anilines is 1. The summed E-state index contributed by atoms with van der Waals surface area (Å²) in [5, 5.41) is 8.65. The van der Waals surface area contributed by atoms with E-state index in [1.165, 1.54) is 4.68 Å². The summed E-state index contributed by atoms with van der Waals surface area (Å²) in [7, 11) is 1.65. The van der Waals surface area contributed by atoms with Crippen LogP contribution in [0, 0.1) is 27.7 Å². The highest BCUT2D eigenvalue weighted by Crippen LogP contribution is 2.17. The van der Waals surface area contributed by atoms with Gasteiger partial charge in [-0.3, -0.25) is 19.6 Å². The van der Waals surface area contributed by atoms with E-state index in [-0.39, 0.29) is 5.56 Å². The molecule has 0 fully saturated rings. The molecule has 0 spiro atoms. The normalized spacial score (nSPS) is 10.3. The second-order valence-electron chi connectivity index (χ2n) is 6.32. The van der Waals surface area contributed by atoms with E-state index < -0.39 is 30.3 Å². The van der Waals surface area contributed by atoms with Gasteiger partial charge in [-0.2, -0.15) is 5.10 Å². The third-order valence-corrected chi connectivity index (χ3v) is 4.36. The second kappa shape index (κ2) is 8.47. The predicted molar refractivity (Wildman–Crippen MR) is 101 cm³/mol. The zero-order valence-corrected chi connectivity index (χ0v) is 16.4. The Kier molecular flexibility index (Phi) is 6.29. The molecule has 0 unspecified atom stereocenters. The van der Waals surface area contributed by atoms with Gasteiger partial charge in [0.25, 0.3) is 11.7 Å². The molecule has 2 rings (SSSR count). The van der Waals surface area contributed by atoms with E-state index >= 15 is 0 Å². The van der Waals surface area contributed by atoms with E-state index in [0.717, 1.165) is 11.1 Å². The highest BCUT2D eigenvalue weighted by Gasteiger charge is 2.26. The van der Waals surface area contributed by atoms with Gasteiger partial charge in [-0.1, -0.05) is 12.1 Å². The number of esters is 1. The van der Waals surface area contributed by atoms with Gasteiger partial charge in [-0.15, -0.1) is 0 Å². The minimum absolute atomic E-state index is 0.139. The Morgan fingerprint density at radius 1 is 1.11 bits per heavy atom. The molecule has 1 heterocycles. The molecule has 1 aromatic carbocycles. The minimum atomic E-state index is -1.19. The Bertz CT molecular complexity index is 961. The minimum Gasteiger partial charge on any atom is -0.450 e. The monoisotopic (exact) mass is 386 g/mol. The van der Waals surface area contributed by atoms with Crippen molar-refractivity contribution in [3.05, 3.63) is 46.3 Å². The number of carbonyl (C=O) groups is 4. The average Bonchev–Trinajstić information content (AvgIpc) is 2.88. The number of Topliss-reactive ketones (excluding diaryl/α,β-unsaturated/α-hetero) is 1. The summed E-state index contributed by atoms with van der Waals surface area (Å²) in [6.07, 6.45) is 0. The van der Waals surface area contributed by atoms with Crippen LogP contribution in [-0.4, -0.2) is 40.1 Å². The molecule has 0 aliphatic rings. The maximum Gasteiger partial charge on any atom is 0.380 e. The number of hydrogen-bond donors (Lipinski definition) is 2. The summed E-state index contributed by atoms with van der Waals surface area (Å²) in [6, 6.07) is 4.60. The Morgan fingerprint density at radius 3 is 2.39 bits per heavy atom. The van der Waals surface area contributed by atoms with Crippen molar-refractivity contribution in [2.45, 2.75) is 27.7 Å².